The van der Waals surface area contributed by atoms with Crippen LogP contribution in [0.15, 0.2) is 0 Å². The maximum absolute atomic E-state index is 4.30. The van der Waals surface area contributed by atoms with Crippen LogP contribution in [-0.4, -0.2) is 58.8 Å². The Balaban J connectivity index is 0.997. The number of rotatable bonds is 5. The van der Waals surface area contributed by atoms with Crippen molar-refractivity contribution in [3.63, 3.8) is 0 Å². The quantitative estimate of drug-likeness (QED) is 0.310. The van der Waals surface area contributed by atoms with Gasteiger partial charge in [-0.3, -0.25) is 0 Å². The summed E-state index contributed by atoms with van der Waals surface area (Å²) >= 11 is 0. The van der Waals surface area contributed by atoms with E-state index in [1.807, 2.05) is 0 Å². The van der Waals surface area contributed by atoms with E-state index >= 15 is 0 Å². The summed E-state index contributed by atoms with van der Waals surface area (Å²) < 4.78 is 0. The molecule has 8 aliphatic rings. The zero-order valence-corrected chi connectivity index (χ0v) is 25.3. The Labute approximate surface area is 240 Å². The fourth-order valence-electron chi connectivity index (χ4n) is 11.1. The van der Waals surface area contributed by atoms with Crippen molar-refractivity contribution in [1.29, 1.82) is 0 Å². The topological polar surface area (TPSA) is 48.1 Å². The van der Waals surface area contributed by atoms with Crippen molar-refractivity contribution in [3.05, 3.63) is 0 Å². The van der Waals surface area contributed by atoms with Crippen LogP contribution in [0.4, 0.5) is 0 Å². The average molecular weight is 559 g/mol. The van der Waals surface area contributed by atoms with Gasteiger partial charge in [0.1, 0.15) is 0 Å². The Morgan fingerprint density at radius 1 is 0.368 bits per heavy atom. The Kier molecular flexibility index (Phi) is 7.80. The first-order valence-corrected chi connectivity index (χ1v) is 19.5. The van der Waals surface area contributed by atoms with Crippen LogP contribution in [0.25, 0.3) is 0 Å². The van der Waals surface area contributed by atoms with Crippen LogP contribution in [0.3, 0.4) is 0 Å². The second-order valence-electron chi connectivity index (χ2n) is 14.9. The molecule has 0 aromatic heterocycles. The van der Waals surface area contributed by atoms with Gasteiger partial charge in [0.05, 0.1) is 0 Å². The van der Waals surface area contributed by atoms with Gasteiger partial charge < -0.3 is 21.3 Å². The second-order valence-corrected chi connectivity index (χ2v) is 17.6. The van der Waals surface area contributed by atoms with Crippen LogP contribution in [-0.2, 0) is 0 Å². The Hall–Kier alpha value is 0.540. The first-order chi connectivity index (χ1) is 18.8. The van der Waals surface area contributed by atoms with E-state index in [1.54, 1.807) is 0 Å². The van der Waals surface area contributed by atoms with Crippen molar-refractivity contribution in [2.75, 3.05) is 0 Å². The highest BCUT2D eigenvalue weighted by molar-refractivity contribution is 8.77. The molecule has 14 unspecified atom stereocenters. The molecule has 14 atom stereocenters. The lowest BCUT2D eigenvalue weighted by molar-refractivity contribution is 0.325. The lowest BCUT2D eigenvalue weighted by atomic mass is 9.82. The lowest BCUT2D eigenvalue weighted by Gasteiger charge is -2.34. The van der Waals surface area contributed by atoms with Crippen molar-refractivity contribution in [3.8, 4) is 0 Å². The molecule has 4 aliphatic heterocycles. The van der Waals surface area contributed by atoms with Crippen molar-refractivity contribution in [1.82, 2.24) is 21.3 Å². The predicted octanol–water partition coefficient (Wildman–Crippen LogP) is 6.01. The summed E-state index contributed by atoms with van der Waals surface area (Å²) in [5.74, 6) is 3.72. The van der Waals surface area contributed by atoms with Crippen LogP contribution in [0.1, 0.15) is 116 Å². The maximum Gasteiger partial charge on any atom is 0.0363 e. The molecule has 0 radical (unpaired) electrons. The molecule has 8 rings (SSSR count). The Bertz CT molecular complexity index is 733. The van der Waals surface area contributed by atoms with Crippen LogP contribution in [0, 0.1) is 23.7 Å². The van der Waals surface area contributed by atoms with Gasteiger partial charge in [-0.25, -0.2) is 0 Å². The third-order valence-corrected chi connectivity index (χ3v) is 16.4. The van der Waals surface area contributed by atoms with Crippen LogP contribution in [0.5, 0.6) is 0 Å². The van der Waals surface area contributed by atoms with Crippen LogP contribution in [0.2, 0.25) is 0 Å². The molecule has 4 N–H and O–H groups in total. The Morgan fingerprint density at radius 2 is 0.763 bits per heavy atom. The molecule has 38 heavy (non-hydrogen) atoms. The van der Waals surface area contributed by atoms with Crippen molar-refractivity contribution < 1.29 is 0 Å². The van der Waals surface area contributed by atoms with E-state index in [2.05, 4.69) is 42.9 Å². The molecule has 4 nitrogen and oxygen atoms in total. The van der Waals surface area contributed by atoms with Gasteiger partial charge in [-0.1, -0.05) is 73.0 Å². The third-order valence-electron chi connectivity index (χ3n) is 12.9. The molecular weight excluding hydrogens is 505 g/mol. The number of hydrogen-bond donors (Lipinski definition) is 4. The normalized spacial score (nSPS) is 54.3. The van der Waals surface area contributed by atoms with E-state index in [0.29, 0.717) is 24.2 Å². The summed E-state index contributed by atoms with van der Waals surface area (Å²) in [6, 6.07) is 6.02. The standard InChI is InChI=1S/C32H54N4S2/c1-5-13-23-19(9-1)17-27(33-23)29-31(21-11-3-7-15-25(21)35-29)37-38-32-22-12-4-8-16-26(22)36-30(32)28-18-20-10-2-6-14-24(20)34-28/h19-36H,1-18H2. The molecule has 214 valence electrons. The minimum Gasteiger partial charge on any atom is -0.309 e. The predicted molar refractivity (Wildman–Crippen MR) is 163 cm³/mol. The van der Waals surface area contributed by atoms with Gasteiger partial charge in [-0.2, -0.15) is 0 Å². The molecule has 8 fully saturated rings. The molecule has 0 aromatic carbocycles. The number of fused-ring (bicyclic) bond motifs is 4. The summed E-state index contributed by atoms with van der Waals surface area (Å²) in [5.41, 5.74) is 0. The molecule has 0 bridgehead atoms. The van der Waals surface area contributed by atoms with E-state index < -0.39 is 0 Å². The minimum absolute atomic E-state index is 0.689. The van der Waals surface area contributed by atoms with Crippen LogP contribution >= 0.6 is 21.6 Å². The van der Waals surface area contributed by atoms with Gasteiger partial charge in [-0.15, -0.1) is 0 Å². The molecule has 0 amide bonds. The van der Waals surface area contributed by atoms with Crippen LogP contribution < -0.4 is 21.3 Å². The van der Waals surface area contributed by atoms with Gasteiger partial charge in [0, 0.05) is 58.8 Å². The molecule has 4 saturated carbocycles. The Morgan fingerprint density at radius 3 is 1.21 bits per heavy atom. The molecule has 4 saturated heterocycles. The van der Waals surface area contributed by atoms with Gasteiger partial charge in [0.15, 0.2) is 0 Å². The summed E-state index contributed by atoms with van der Waals surface area (Å²) in [6.45, 7) is 0. The fraction of sp³-hybridized carbons (Fsp3) is 1.00. The maximum atomic E-state index is 4.30. The molecular formula is C32H54N4S2. The summed E-state index contributed by atoms with van der Waals surface area (Å²) in [5, 5.41) is 18.6. The highest BCUT2D eigenvalue weighted by atomic mass is 33.1. The van der Waals surface area contributed by atoms with Gasteiger partial charge in [0.2, 0.25) is 0 Å². The van der Waals surface area contributed by atoms with E-state index in [4.69, 9.17) is 0 Å². The average Bonchev–Trinajstić information content (AvgIpc) is 3.73. The van der Waals surface area contributed by atoms with Crippen molar-refractivity contribution >= 4 is 21.6 Å². The van der Waals surface area contributed by atoms with Gasteiger partial charge in [-0.05, 0) is 87.9 Å². The summed E-state index contributed by atoms with van der Waals surface area (Å²) in [7, 11) is 4.77. The van der Waals surface area contributed by atoms with Gasteiger partial charge in [0.25, 0.3) is 0 Å². The minimum atomic E-state index is 0.689. The van der Waals surface area contributed by atoms with E-state index in [0.717, 1.165) is 58.3 Å². The number of nitrogens with one attached hydrogen (secondary N) is 4. The second kappa shape index (κ2) is 11.3. The van der Waals surface area contributed by atoms with Gasteiger partial charge >= 0.3 is 0 Å². The molecule has 4 aliphatic carbocycles. The monoisotopic (exact) mass is 558 g/mol. The number of hydrogen-bond acceptors (Lipinski definition) is 6. The lowest BCUT2D eigenvalue weighted by Crippen LogP contribution is -2.49. The zero-order chi connectivity index (χ0) is 25.1. The van der Waals surface area contributed by atoms with Crippen molar-refractivity contribution in [2.45, 2.75) is 174 Å². The van der Waals surface area contributed by atoms with E-state index in [9.17, 15) is 0 Å². The van der Waals surface area contributed by atoms with E-state index in [-0.39, 0.29) is 0 Å². The first-order valence-electron chi connectivity index (χ1n) is 17.2. The third kappa shape index (κ3) is 4.85. The largest absolute Gasteiger partial charge is 0.309 e. The zero-order valence-electron chi connectivity index (χ0n) is 23.6. The SMILES string of the molecule is C1CCC2NC(C3NC4CCCCC4C3SSC3C4CCCCC4NC3C3CC4CCCCC4N3)CC2C1. The summed E-state index contributed by atoms with van der Waals surface area (Å²) in [4.78, 5) is 0. The first kappa shape index (κ1) is 26.2. The fourth-order valence-corrected chi connectivity index (χ4v) is 15.4. The highest BCUT2D eigenvalue weighted by Gasteiger charge is 2.53. The van der Waals surface area contributed by atoms with E-state index in [1.165, 1.54) is 116 Å². The smallest absolute Gasteiger partial charge is 0.0363 e. The molecule has 4 heterocycles. The summed E-state index contributed by atoms with van der Waals surface area (Å²) in [6.07, 6.45) is 26.2. The highest BCUT2D eigenvalue weighted by Crippen LogP contribution is 2.52. The molecule has 0 spiro atoms. The van der Waals surface area contributed by atoms with Crippen molar-refractivity contribution in [2.24, 2.45) is 23.7 Å². The molecule has 6 heteroatoms. The molecule has 0 aromatic rings.